The molecule has 0 aliphatic carbocycles. The zero-order valence-electron chi connectivity index (χ0n) is 11.6. The molecule has 1 heterocycles. The minimum atomic E-state index is -0.912. The Labute approximate surface area is 112 Å². The van der Waals surface area contributed by atoms with Gasteiger partial charge in [-0.3, -0.25) is 0 Å². The van der Waals surface area contributed by atoms with Crippen molar-refractivity contribution in [1.29, 1.82) is 0 Å². The molecule has 0 atom stereocenters. The van der Waals surface area contributed by atoms with Crippen molar-refractivity contribution >= 4 is 5.97 Å². The van der Waals surface area contributed by atoms with Gasteiger partial charge in [-0.15, -0.1) is 0 Å². The molecule has 4 heteroatoms. The number of hydrogen-bond acceptors (Lipinski definition) is 2. The summed E-state index contributed by atoms with van der Waals surface area (Å²) in [6, 6.07) is 5.42. The van der Waals surface area contributed by atoms with Crippen LogP contribution in [0.25, 0.3) is 5.69 Å². The Morgan fingerprint density at radius 1 is 1.26 bits per heavy atom. The lowest BCUT2D eigenvalue weighted by Gasteiger charge is -2.21. The highest BCUT2D eigenvalue weighted by Gasteiger charge is 2.18. The van der Waals surface area contributed by atoms with Crippen LogP contribution in [0.4, 0.5) is 0 Å². The Morgan fingerprint density at radius 2 is 1.95 bits per heavy atom. The number of carboxylic acids is 1. The van der Waals surface area contributed by atoms with E-state index in [1.807, 2.05) is 23.8 Å². The highest BCUT2D eigenvalue weighted by atomic mass is 16.4. The van der Waals surface area contributed by atoms with Crippen molar-refractivity contribution in [2.24, 2.45) is 0 Å². The Balaban J connectivity index is 2.65. The molecular weight excluding hydrogens is 240 g/mol. The van der Waals surface area contributed by atoms with E-state index >= 15 is 0 Å². The van der Waals surface area contributed by atoms with Gasteiger partial charge in [0.1, 0.15) is 5.82 Å². The number of nitrogens with zero attached hydrogens (tertiary/aromatic N) is 2. The number of aryl methyl sites for hydroxylation is 1. The summed E-state index contributed by atoms with van der Waals surface area (Å²) in [4.78, 5) is 15.4. The van der Waals surface area contributed by atoms with Gasteiger partial charge in [0.05, 0.1) is 5.56 Å². The van der Waals surface area contributed by atoms with Crippen molar-refractivity contribution in [1.82, 2.24) is 9.55 Å². The van der Waals surface area contributed by atoms with E-state index in [0.29, 0.717) is 5.56 Å². The Bertz CT molecular complexity index is 621. The maximum Gasteiger partial charge on any atom is 0.335 e. The molecular formula is C15H18N2O2. The van der Waals surface area contributed by atoms with Crippen LogP contribution in [-0.2, 0) is 5.41 Å². The first-order valence-corrected chi connectivity index (χ1v) is 6.18. The van der Waals surface area contributed by atoms with Gasteiger partial charge in [0.25, 0.3) is 0 Å². The summed E-state index contributed by atoms with van der Waals surface area (Å²) in [6.07, 6.45) is 3.54. The Hall–Kier alpha value is -2.10. The fourth-order valence-corrected chi connectivity index (χ4v) is 1.96. The van der Waals surface area contributed by atoms with Crippen LogP contribution in [0.2, 0.25) is 0 Å². The van der Waals surface area contributed by atoms with E-state index in [0.717, 1.165) is 17.1 Å². The zero-order valence-corrected chi connectivity index (χ0v) is 11.6. The zero-order chi connectivity index (χ0) is 14.2. The van der Waals surface area contributed by atoms with Gasteiger partial charge in [0.15, 0.2) is 0 Å². The maximum absolute atomic E-state index is 11.3. The SMILES string of the molecule is Cc1nccn1-c1cc(C(=O)O)cc(C(C)(C)C)c1. The summed E-state index contributed by atoms with van der Waals surface area (Å²) in [7, 11) is 0. The fraction of sp³-hybridized carbons (Fsp3) is 0.333. The molecule has 2 aromatic rings. The van der Waals surface area contributed by atoms with Crippen molar-refractivity contribution in [3.63, 3.8) is 0 Å². The van der Waals surface area contributed by atoms with Crippen molar-refractivity contribution in [2.75, 3.05) is 0 Å². The number of imidazole rings is 1. The lowest BCUT2D eigenvalue weighted by Crippen LogP contribution is -2.14. The quantitative estimate of drug-likeness (QED) is 0.900. The molecule has 1 aromatic carbocycles. The minimum absolute atomic E-state index is 0.102. The van der Waals surface area contributed by atoms with Crippen LogP contribution in [-0.4, -0.2) is 20.6 Å². The van der Waals surface area contributed by atoms with E-state index in [9.17, 15) is 9.90 Å². The maximum atomic E-state index is 11.3. The van der Waals surface area contributed by atoms with Crippen LogP contribution in [0, 0.1) is 6.92 Å². The molecule has 0 bridgehead atoms. The van der Waals surface area contributed by atoms with Crippen LogP contribution in [0.3, 0.4) is 0 Å². The first-order valence-electron chi connectivity index (χ1n) is 6.18. The second-order valence-electron chi connectivity index (χ2n) is 5.67. The molecule has 0 saturated carbocycles. The summed E-state index contributed by atoms with van der Waals surface area (Å²) in [5, 5.41) is 9.24. The summed E-state index contributed by atoms with van der Waals surface area (Å²) in [6.45, 7) is 8.10. The smallest absolute Gasteiger partial charge is 0.335 e. The van der Waals surface area contributed by atoms with E-state index in [-0.39, 0.29) is 5.41 Å². The number of carboxylic acid groups (broad SMARTS) is 1. The molecule has 0 spiro atoms. The summed E-state index contributed by atoms with van der Waals surface area (Å²) in [5.74, 6) is -0.0764. The van der Waals surface area contributed by atoms with E-state index in [4.69, 9.17) is 0 Å². The van der Waals surface area contributed by atoms with Crippen LogP contribution in [0.15, 0.2) is 30.6 Å². The number of rotatable bonds is 2. The standard InChI is InChI=1S/C15H18N2O2/c1-10-16-5-6-17(10)13-8-11(14(18)19)7-12(9-13)15(2,3)4/h5-9H,1-4H3,(H,18,19). The largest absolute Gasteiger partial charge is 0.478 e. The first kappa shape index (κ1) is 13.3. The van der Waals surface area contributed by atoms with Crippen molar-refractivity contribution in [3.05, 3.63) is 47.5 Å². The number of benzene rings is 1. The van der Waals surface area contributed by atoms with E-state index in [1.54, 1.807) is 18.3 Å². The second-order valence-corrected chi connectivity index (χ2v) is 5.67. The molecule has 1 N–H and O–H groups in total. The molecule has 100 valence electrons. The molecule has 0 aliphatic heterocycles. The van der Waals surface area contributed by atoms with Gasteiger partial charge in [-0.1, -0.05) is 20.8 Å². The third-order valence-electron chi connectivity index (χ3n) is 3.13. The molecule has 1 aromatic heterocycles. The highest BCUT2D eigenvalue weighted by Crippen LogP contribution is 2.26. The van der Waals surface area contributed by atoms with Gasteiger partial charge in [-0.25, -0.2) is 9.78 Å². The van der Waals surface area contributed by atoms with Gasteiger partial charge in [0.2, 0.25) is 0 Å². The van der Waals surface area contributed by atoms with E-state index < -0.39 is 5.97 Å². The third-order valence-corrected chi connectivity index (χ3v) is 3.13. The molecule has 0 saturated heterocycles. The molecule has 0 unspecified atom stereocenters. The number of hydrogen-bond donors (Lipinski definition) is 1. The summed E-state index contributed by atoms with van der Waals surface area (Å²) >= 11 is 0. The van der Waals surface area contributed by atoms with E-state index in [2.05, 4.69) is 25.8 Å². The van der Waals surface area contributed by atoms with Crippen molar-refractivity contribution in [3.8, 4) is 5.69 Å². The number of carbonyl (C=O) groups is 1. The molecule has 4 nitrogen and oxygen atoms in total. The molecule has 2 rings (SSSR count). The highest BCUT2D eigenvalue weighted by molar-refractivity contribution is 5.88. The third kappa shape index (κ3) is 2.67. The summed E-state index contributed by atoms with van der Waals surface area (Å²) in [5.41, 5.74) is 2.03. The van der Waals surface area contributed by atoms with Crippen LogP contribution >= 0.6 is 0 Å². The predicted octanol–water partition coefficient (Wildman–Crippen LogP) is 3.18. The van der Waals surface area contributed by atoms with Gasteiger partial charge in [-0.2, -0.15) is 0 Å². The van der Waals surface area contributed by atoms with Crippen molar-refractivity contribution < 1.29 is 9.90 Å². The molecule has 19 heavy (non-hydrogen) atoms. The average Bonchev–Trinajstić information content (AvgIpc) is 2.73. The number of aromatic nitrogens is 2. The van der Waals surface area contributed by atoms with Crippen LogP contribution in [0.1, 0.15) is 42.5 Å². The monoisotopic (exact) mass is 258 g/mol. The Morgan fingerprint density at radius 3 is 2.42 bits per heavy atom. The van der Waals surface area contributed by atoms with Gasteiger partial charge < -0.3 is 9.67 Å². The van der Waals surface area contributed by atoms with E-state index in [1.165, 1.54) is 0 Å². The minimum Gasteiger partial charge on any atom is -0.478 e. The van der Waals surface area contributed by atoms with Crippen molar-refractivity contribution in [2.45, 2.75) is 33.1 Å². The van der Waals surface area contributed by atoms with Gasteiger partial charge in [-0.05, 0) is 36.1 Å². The fourth-order valence-electron chi connectivity index (χ4n) is 1.96. The normalized spacial score (nSPS) is 11.6. The molecule has 0 fully saturated rings. The predicted molar refractivity (Wildman–Crippen MR) is 74.0 cm³/mol. The first-order chi connectivity index (χ1) is 8.79. The number of aromatic carboxylic acids is 1. The van der Waals surface area contributed by atoms with Crippen LogP contribution in [0.5, 0.6) is 0 Å². The lowest BCUT2D eigenvalue weighted by atomic mass is 9.86. The lowest BCUT2D eigenvalue weighted by molar-refractivity contribution is 0.0696. The summed E-state index contributed by atoms with van der Waals surface area (Å²) < 4.78 is 1.89. The average molecular weight is 258 g/mol. The van der Waals surface area contributed by atoms with Crippen LogP contribution < -0.4 is 0 Å². The Kier molecular flexibility index (Phi) is 3.18. The van der Waals surface area contributed by atoms with Gasteiger partial charge in [0, 0.05) is 18.1 Å². The molecule has 0 amide bonds. The topological polar surface area (TPSA) is 55.1 Å². The molecule has 0 radical (unpaired) electrons. The second kappa shape index (κ2) is 4.53. The van der Waals surface area contributed by atoms with Gasteiger partial charge >= 0.3 is 5.97 Å². The molecule has 0 aliphatic rings.